The molecular weight excluding hydrogens is 160 g/mol. The molecule has 1 heteroatoms. The highest BCUT2D eigenvalue weighted by Crippen LogP contribution is 2.10. The second-order valence-electron chi connectivity index (χ2n) is 3.48. The molecule has 1 nitrogen and oxygen atoms in total. The summed E-state index contributed by atoms with van der Waals surface area (Å²) in [6.07, 6.45) is 2.70. The highest BCUT2D eigenvalue weighted by molar-refractivity contribution is 5.75. The highest BCUT2D eigenvalue weighted by atomic mass is 16.1. The molecule has 0 N–H and O–H groups in total. The Morgan fingerprint density at radius 1 is 1.31 bits per heavy atom. The third-order valence-corrected chi connectivity index (χ3v) is 2.24. The van der Waals surface area contributed by atoms with Crippen molar-refractivity contribution in [2.75, 3.05) is 0 Å². The number of hydrogen-bond donors (Lipinski definition) is 0. The number of aryl methyl sites for hydroxylation is 2. The first kappa shape index (κ1) is 9.97. The second-order valence-corrected chi connectivity index (χ2v) is 3.48. The van der Waals surface area contributed by atoms with Crippen molar-refractivity contribution in [3.05, 3.63) is 35.4 Å². The Hall–Kier alpha value is -1.11. The van der Waals surface area contributed by atoms with Crippen LogP contribution in [0.2, 0.25) is 0 Å². The van der Waals surface area contributed by atoms with Crippen LogP contribution in [0.3, 0.4) is 0 Å². The minimum absolute atomic E-state index is 0.286. The Morgan fingerprint density at radius 2 is 2.00 bits per heavy atom. The predicted molar refractivity (Wildman–Crippen MR) is 54.8 cm³/mol. The number of benzene rings is 1. The third-order valence-electron chi connectivity index (χ3n) is 2.24. The quantitative estimate of drug-likeness (QED) is 0.689. The van der Waals surface area contributed by atoms with Crippen LogP contribution in [0.4, 0.5) is 0 Å². The second kappa shape index (κ2) is 4.80. The first-order chi connectivity index (χ1) is 6.20. The van der Waals surface area contributed by atoms with E-state index in [1.54, 1.807) is 6.92 Å². The van der Waals surface area contributed by atoms with Crippen molar-refractivity contribution in [2.45, 2.75) is 33.1 Å². The molecule has 0 saturated carbocycles. The predicted octanol–water partition coefficient (Wildman–Crippen LogP) is 2.91. The maximum absolute atomic E-state index is 10.7. The molecule has 0 fully saturated rings. The van der Waals surface area contributed by atoms with Crippen molar-refractivity contribution in [2.24, 2.45) is 0 Å². The standard InChI is InChI=1S/C12H16O/c1-10-6-3-4-8-12(10)9-5-7-11(2)13/h3-4,6,8H,5,7,9H2,1-2H3. The lowest BCUT2D eigenvalue weighted by atomic mass is 10.0. The fourth-order valence-corrected chi connectivity index (χ4v) is 1.42. The third kappa shape index (κ3) is 3.41. The molecule has 1 aromatic rings. The Kier molecular flexibility index (Phi) is 3.69. The molecule has 0 saturated heterocycles. The van der Waals surface area contributed by atoms with Crippen molar-refractivity contribution in [3.8, 4) is 0 Å². The molecule has 70 valence electrons. The molecule has 0 unspecified atom stereocenters. The Labute approximate surface area is 79.8 Å². The molecule has 0 radical (unpaired) electrons. The number of carbonyl (C=O) groups is 1. The van der Waals surface area contributed by atoms with E-state index in [2.05, 4.69) is 25.1 Å². The zero-order chi connectivity index (χ0) is 9.68. The zero-order valence-corrected chi connectivity index (χ0v) is 8.34. The van der Waals surface area contributed by atoms with Gasteiger partial charge in [-0.25, -0.2) is 0 Å². The number of ketones is 1. The van der Waals surface area contributed by atoms with Gasteiger partial charge in [-0.05, 0) is 37.8 Å². The van der Waals surface area contributed by atoms with Crippen molar-refractivity contribution in [1.29, 1.82) is 0 Å². The fraction of sp³-hybridized carbons (Fsp3) is 0.417. The van der Waals surface area contributed by atoms with Crippen molar-refractivity contribution in [1.82, 2.24) is 0 Å². The molecular formula is C12H16O. The van der Waals surface area contributed by atoms with E-state index in [0.717, 1.165) is 12.8 Å². The van der Waals surface area contributed by atoms with Crippen molar-refractivity contribution < 1.29 is 4.79 Å². The molecule has 0 aliphatic heterocycles. The lowest BCUT2D eigenvalue weighted by Gasteiger charge is -2.03. The van der Waals surface area contributed by atoms with E-state index in [9.17, 15) is 4.79 Å². The van der Waals surface area contributed by atoms with Crippen LogP contribution in [0.5, 0.6) is 0 Å². The molecule has 0 aliphatic rings. The Bertz CT molecular complexity index is 289. The van der Waals surface area contributed by atoms with Crippen molar-refractivity contribution >= 4 is 5.78 Å². The van der Waals surface area contributed by atoms with Crippen LogP contribution in [-0.4, -0.2) is 5.78 Å². The summed E-state index contributed by atoms with van der Waals surface area (Å²) in [6, 6.07) is 8.35. The van der Waals surface area contributed by atoms with Crippen LogP contribution in [0, 0.1) is 6.92 Å². The van der Waals surface area contributed by atoms with Crippen LogP contribution in [-0.2, 0) is 11.2 Å². The molecule has 0 aliphatic carbocycles. The van der Waals surface area contributed by atoms with Gasteiger partial charge in [-0.15, -0.1) is 0 Å². The summed E-state index contributed by atoms with van der Waals surface area (Å²) >= 11 is 0. The van der Waals surface area contributed by atoms with Crippen LogP contribution >= 0.6 is 0 Å². The smallest absolute Gasteiger partial charge is 0.129 e. The maximum Gasteiger partial charge on any atom is 0.129 e. The molecule has 0 heterocycles. The average Bonchev–Trinajstić information content (AvgIpc) is 2.08. The summed E-state index contributed by atoms with van der Waals surface area (Å²) in [7, 11) is 0. The summed E-state index contributed by atoms with van der Waals surface area (Å²) in [5.74, 6) is 0.286. The average molecular weight is 176 g/mol. The molecule has 0 atom stereocenters. The monoisotopic (exact) mass is 176 g/mol. The van der Waals surface area contributed by atoms with Gasteiger partial charge in [0.05, 0.1) is 0 Å². The van der Waals surface area contributed by atoms with Gasteiger partial charge in [-0.1, -0.05) is 24.3 Å². The summed E-state index contributed by atoms with van der Waals surface area (Å²) < 4.78 is 0. The van der Waals surface area contributed by atoms with Crippen LogP contribution in [0.1, 0.15) is 30.9 Å². The van der Waals surface area contributed by atoms with E-state index < -0.39 is 0 Å². The van der Waals surface area contributed by atoms with Gasteiger partial charge in [-0.3, -0.25) is 0 Å². The topological polar surface area (TPSA) is 17.1 Å². The van der Waals surface area contributed by atoms with Gasteiger partial charge in [0.2, 0.25) is 0 Å². The zero-order valence-electron chi connectivity index (χ0n) is 8.34. The van der Waals surface area contributed by atoms with Gasteiger partial charge in [-0.2, -0.15) is 0 Å². The van der Waals surface area contributed by atoms with Gasteiger partial charge < -0.3 is 4.79 Å². The number of hydrogen-bond acceptors (Lipinski definition) is 1. The first-order valence-electron chi connectivity index (χ1n) is 4.74. The summed E-state index contributed by atoms with van der Waals surface area (Å²) in [5, 5.41) is 0. The van der Waals surface area contributed by atoms with Gasteiger partial charge in [0.15, 0.2) is 0 Å². The molecule has 1 aromatic carbocycles. The normalized spacial score (nSPS) is 10.0. The van der Waals surface area contributed by atoms with E-state index >= 15 is 0 Å². The molecule has 13 heavy (non-hydrogen) atoms. The lowest BCUT2D eigenvalue weighted by Crippen LogP contribution is -1.94. The fourth-order valence-electron chi connectivity index (χ4n) is 1.42. The van der Waals surface area contributed by atoms with E-state index in [1.165, 1.54) is 11.1 Å². The van der Waals surface area contributed by atoms with Crippen LogP contribution in [0.15, 0.2) is 24.3 Å². The van der Waals surface area contributed by atoms with E-state index in [-0.39, 0.29) is 5.78 Å². The van der Waals surface area contributed by atoms with E-state index in [0.29, 0.717) is 6.42 Å². The molecule has 0 aromatic heterocycles. The molecule has 0 spiro atoms. The summed E-state index contributed by atoms with van der Waals surface area (Å²) in [5.41, 5.74) is 2.69. The number of Topliss-reactive ketones (excluding diaryl/α,β-unsaturated/α-hetero) is 1. The van der Waals surface area contributed by atoms with Gasteiger partial charge in [0, 0.05) is 6.42 Å². The van der Waals surface area contributed by atoms with Gasteiger partial charge in [0.25, 0.3) is 0 Å². The lowest BCUT2D eigenvalue weighted by molar-refractivity contribution is -0.117. The molecule has 1 rings (SSSR count). The van der Waals surface area contributed by atoms with Gasteiger partial charge in [0.1, 0.15) is 5.78 Å². The SMILES string of the molecule is CC(=O)CCCc1ccccc1C. The number of carbonyl (C=O) groups excluding carboxylic acids is 1. The summed E-state index contributed by atoms with van der Waals surface area (Å²) in [4.78, 5) is 10.7. The van der Waals surface area contributed by atoms with Crippen LogP contribution in [0.25, 0.3) is 0 Å². The largest absolute Gasteiger partial charge is 0.300 e. The maximum atomic E-state index is 10.7. The number of rotatable bonds is 4. The minimum atomic E-state index is 0.286. The first-order valence-corrected chi connectivity index (χ1v) is 4.74. The minimum Gasteiger partial charge on any atom is -0.300 e. The van der Waals surface area contributed by atoms with Crippen molar-refractivity contribution in [3.63, 3.8) is 0 Å². The molecule has 0 amide bonds. The Morgan fingerprint density at radius 3 is 2.62 bits per heavy atom. The summed E-state index contributed by atoms with van der Waals surface area (Å²) in [6.45, 7) is 3.76. The van der Waals surface area contributed by atoms with Gasteiger partial charge >= 0.3 is 0 Å². The molecule has 0 bridgehead atoms. The van der Waals surface area contributed by atoms with E-state index in [4.69, 9.17) is 0 Å². The highest BCUT2D eigenvalue weighted by Gasteiger charge is 1.98. The van der Waals surface area contributed by atoms with Crippen LogP contribution < -0.4 is 0 Å². The van der Waals surface area contributed by atoms with E-state index in [1.807, 2.05) is 6.07 Å². The Balaban J connectivity index is 2.45.